The number of aliphatic carboxylic acids is 1. The van der Waals surface area contributed by atoms with E-state index in [-0.39, 0.29) is 30.0 Å². The molecule has 0 heterocycles. The van der Waals surface area contributed by atoms with Crippen LogP contribution < -0.4 is 0 Å². The highest BCUT2D eigenvalue weighted by molar-refractivity contribution is 5.66. The predicted molar refractivity (Wildman–Crippen MR) is 109 cm³/mol. The first-order chi connectivity index (χ1) is 13.2. The van der Waals surface area contributed by atoms with Gasteiger partial charge in [0.2, 0.25) is 0 Å². The summed E-state index contributed by atoms with van der Waals surface area (Å²) in [6.07, 6.45) is 9.16. The average molecular weight is 393 g/mol. The van der Waals surface area contributed by atoms with Gasteiger partial charge in [0.1, 0.15) is 0 Å². The zero-order valence-corrected chi connectivity index (χ0v) is 17.9. The smallest absolute Gasteiger partial charge is 0.303 e. The second-order valence-electron chi connectivity index (χ2n) is 11.4. The van der Waals surface area contributed by atoms with E-state index in [2.05, 4.69) is 20.8 Å². The number of hydrogen-bond acceptors (Lipinski definition) is 3. The first kappa shape index (κ1) is 20.7. The van der Waals surface area contributed by atoms with Crippen LogP contribution in [0, 0.1) is 46.3 Å². The molecule has 0 spiro atoms. The highest BCUT2D eigenvalue weighted by atomic mass is 16.4. The Hall–Kier alpha value is -0.610. The van der Waals surface area contributed by atoms with Gasteiger partial charge < -0.3 is 15.3 Å². The van der Waals surface area contributed by atoms with Crippen LogP contribution in [-0.2, 0) is 4.79 Å². The van der Waals surface area contributed by atoms with Crippen molar-refractivity contribution in [1.82, 2.24) is 0 Å². The number of aliphatic hydroxyl groups excluding tert-OH is 2. The molecule has 0 unspecified atom stereocenters. The highest BCUT2D eigenvalue weighted by Gasteiger charge is 2.62. The molecule has 4 aliphatic carbocycles. The zero-order chi connectivity index (χ0) is 20.3. The van der Waals surface area contributed by atoms with Crippen molar-refractivity contribution in [3.8, 4) is 0 Å². The SMILES string of the molecule is C[C@@H](CCC(=O)O)[C@H]1CC[C@H]2[C@@H]3C[C@@H](O)[C@H]4C[C@H](O)CC[C@]4(C)[C@H]3CC[C@]12C. The molecule has 4 fully saturated rings. The van der Waals surface area contributed by atoms with E-state index in [1.54, 1.807) is 0 Å². The third kappa shape index (κ3) is 3.14. The van der Waals surface area contributed by atoms with E-state index in [0.29, 0.717) is 35.0 Å². The minimum Gasteiger partial charge on any atom is -0.481 e. The molecule has 0 saturated heterocycles. The molecule has 4 rings (SSSR count). The van der Waals surface area contributed by atoms with Gasteiger partial charge in [0.15, 0.2) is 0 Å². The highest BCUT2D eigenvalue weighted by Crippen LogP contribution is 2.68. The van der Waals surface area contributed by atoms with Crippen LogP contribution in [0.15, 0.2) is 0 Å². The van der Waals surface area contributed by atoms with Crippen molar-refractivity contribution in [1.29, 1.82) is 0 Å². The summed E-state index contributed by atoms with van der Waals surface area (Å²) in [5, 5.41) is 30.4. The number of hydrogen-bond donors (Lipinski definition) is 3. The van der Waals surface area contributed by atoms with E-state index < -0.39 is 5.97 Å². The van der Waals surface area contributed by atoms with Gasteiger partial charge in [0.05, 0.1) is 12.2 Å². The van der Waals surface area contributed by atoms with Crippen LogP contribution >= 0.6 is 0 Å². The Balaban J connectivity index is 1.55. The molecule has 0 radical (unpaired) electrons. The fraction of sp³-hybridized carbons (Fsp3) is 0.958. The monoisotopic (exact) mass is 392 g/mol. The van der Waals surface area contributed by atoms with E-state index in [4.69, 9.17) is 5.11 Å². The van der Waals surface area contributed by atoms with Crippen molar-refractivity contribution >= 4 is 5.97 Å². The van der Waals surface area contributed by atoms with Gasteiger partial charge in [-0.1, -0.05) is 20.8 Å². The number of fused-ring (bicyclic) bond motifs is 5. The van der Waals surface area contributed by atoms with Crippen LogP contribution in [0.2, 0.25) is 0 Å². The molecule has 0 bridgehead atoms. The summed E-state index contributed by atoms with van der Waals surface area (Å²) in [5.41, 5.74) is 0.478. The van der Waals surface area contributed by atoms with Crippen LogP contribution in [0.1, 0.15) is 85.0 Å². The standard InChI is InChI=1S/C24H40O4/c1-14(4-7-22(27)28)17-5-6-18-16-13-21(26)20-12-15(25)8-10-24(20,3)19(16)9-11-23(17,18)2/h14-21,25-26H,4-13H2,1-3H3,(H,27,28)/t14-,15+,16-,17+,18-,19-,20+,21+,23+,24+/m0/s1. The molecule has 0 aliphatic heterocycles. The largest absolute Gasteiger partial charge is 0.481 e. The molecule has 160 valence electrons. The lowest BCUT2D eigenvalue weighted by Crippen LogP contribution is -2.58. The maximum atomic E-state index is 11.1. The molecule has 4 aliphatic rings. The van der Waals surface area contributed by atoms with Gasteiger partial charge in [-0.3, -0.25) is 4.79 Å². The van der Waals surface area contributed by atoms with Crippen LogP contribution in [0.5, 0.6) is 0 Å². The molecule has 0 amide bonds. The first-order valence-electron chi connectivity index (χ1n) is 11.7. The second kappa shape index (κ2) is 7.27. The minimum absolute atomic E-state index is 0.176. The number of aliphatic hydroxyl groups is 2. The average Bonchev–Trinajstić information content (AvgIpc) is 2.99. The maximum absolute atomic E-state index is 11.1. The van der Waals surface area contributed by atoms with Crippen molar-refractivity contribution in [3.05, 3.63) is 0 Å². The molecule has 10 atom stereocenters. The van der Waals surface area contributed by atoms with Crippen LogP contribution in [0.4, 0.5) is 0 Å². The molecule has 4 heteroatoms. The summed E-state index contributed by atoms with van der Waals surface area (Å²) >= 11 is 0. The van der Waals surface area contributed by atoms with Crippen molar-refractivity contribution < 1.29 is 20.1 Å². The van der Waals surface area contributed by atoms with Crippen LogP contribution in [-0.4, -0.2) is 33.5 Å². The molecule has 4 nitrogen and oxygen atoms in total. The minimum atomic E-state index is -0.677. The lowest BCUT2D eigenvalue weighted by atomic mass is 9.44. The predicted octanol–water partition coefficient (Wildman–Crippen LogP) is 4.48. The Morgan fingerprint density at radius 1 is 0.964 bits per heavy atom. The van der Waals surface area contributed by atoms with Gasteiger partial charge >= 0.3 is 5.97 Å². The van der Waals surface area contributed by atoms with E-state index in [9.17, 15) is 15.0 Å². The maximum Gasteiger partial charge on any atom is 0.303 e. The summed E-state index contributed by atoms with van der Waals surface area (Å²) in [5.74, 6) is 2.61. The normalized spacial score (nSPS) is 51.7. The van der Waals surface area contributed by atoms with Gasteiger partial charge in [0.25, 0.3) is 0 Å². The van der Waals surface area contributed by atoms with Gasteiger partial charge in [-0.05, 0) is 104 Å². The third-order valence-corrected chi connectivity index (χ3v) is 10.2. The van der Waals surface area contributed by atoms with E-state index in [1.807, 2.05) is 0 Å². The van der Waals surface area contributed by atoms with Gasteiger partial charge in [-0.2, -0.15) is 0 Å². The quantitative estimate of drug-likeness (QED) is 0.659. The fourth-order valence-corrected chi connectivity index (χ4v) is 8.81. The Morgan fingerprint density at radius 3 is 2.36 bits per heavy atom. The molecular formula is C24H40O4. The van der Waals surface area contributed by atoms with Gasteiger partial charge in [-0.25, -0.2) is 0 Å². The van der Waals surface area contributed by atoms with Crippen LogP contribution in [0.25, 0.3) is 0 Å². The Labute approximate surface area is 170 Å². The topological polar surface area (TPSA) is 77.8 Å². The summed E-state index contributed by atoms with van der Waals surface area (Å²) in [4.78, 5) is 11.1. The van der Waals surface area contributed by atoms with E-state index in [1.165, 1.54) is 25.7 Å². The van der Waals surface area contributed by atoms with Crippen molar-refractivity contribution in [2.45, 2.75) is 97.2 Å². The molecule has 3 N–H and O–H groups in total. The van der Waals surface area contributed by atoms with Crippen molar-refractivity contribution in [2.75, 3.05) is 0 Å². The summed E-state index contributed by atoms with van der Waals surface area (Å²) < 4.78 is 0. The molecule has 0 aromatic heterocycles. The molecule has 4 saturated carbocycles. The number of carboxylic acid groups (broad SMARTS) is 1. The number of carbonyl (C=O) groups is 1. The summed E-state index contributed by atoms with van der Waals surface area (Å²) in [7, 11) is 0. The fourth-order valence-electron chi connectivity index (χ4n) is 8.81. The lowest BCUT2D eigenvalue weighted by molar-refractivity contribution is -0.172. The number of rotatable bonds is 4. The van der Waals surface area contributed by atoms with Crippen molar-refractivity contribution in [2.24, 2.45) is 46.3 Å². The molecule has 0 aromatic rings. The van der Waals surface area contributed by atoms with Gasteiger partial charge in [0, 0.05) is 6.42 Å². The third-order valence-electron chi connectivity index (χ3n) is 10.2. The summed E-state index contributed by atoms with van der Waals surface area (Å²) in [6, 6.07) is 0. The van der Waals surface area contributed by atoms with E-state index >= 15 is 0 Å². The van der Waals surface area contributed by atoms with Crippen molar-refractivity contribution in [3.63, 3.8) is 0 Å². The zero-order valence-electron chi connectivity index (χ0n) is 17.9. The lowest BCUT2D eigenvalue weighted by Gasteiger charge is -2.62. The molecule has 0 aromatic carbocycles. The summed E-state index contributed by atoms with van der Waals surface area (Å²) in [6.45, 7) is 7.16. The van der Waals surface area contributed by atoms with Gasteiger partial charge in [-0.15, -0.1) is 0 Å². The van der Waals surface area contributed by atoms with E-state index in [0.717, 1.165) is 32.1 Å². The second-order valence-corrected chi connectivity index (χ2v) is 11.4. The Kier molecular flexibility index (Phi) is 5.36. The molecule has 28 heavy (non-hydrogen) atoms. The first-order valence-corrected chi connectivity index (χ1v) is 11.7. The Bertz CT molecular complexity index is 605. The molecular weight excluding hydrogens is 352 g/mol. The Morgan fingerprint density at radius 2 is 1.64 bits per heavy atom. The van der Waals surface area contributed by atoms with Crippen LogP contribution in [0.3, 0.4) is 0 Å². The number of carboxylic acids is 1.